The summed E-state index contributed by atoms with van der Waals surface area (Å²) in [5.74, 6) is 0.583. The first-order valence-corrected chi connectivity index (χ1v) is 6.89. The topological polar surface area (TPSA) is 56.1 Å². The number of amides is 1. The second-order valence-electron chi connectivity index (χ2n) is 6.25. The lowest BCUT2D eigenvalue weighted by Gasteiger charge is -2.21. The van der Waals surface area contributed by atoms with Gasteiger partial charge >= 0.3 is 6.09 Å². The first-order chi connectivity index (χ1) is 8.92. The van der Waals surface area contributed by atoms with Gasteiger partial charge in [0.05, 0.1) is 0 Å². The van der Waals surface area contributed by atoms with Gasteiger partial charge in [-0.2, -0.15) is 5.10 Å². The molecule has 1 aliphatic carbocycles. The van der Waals surface area contributed by atoms with E-state index in [1.807, 2.05) is 37.7 Å². The third-order valence-corrected chi connectivity index (χ3v) is 3.27. The first-order valence-electron chi connectivity index (χ1n) is 6.89. The van der Waals surface area contributed by atoms with Crippen molar-refractivity contribution in [3.05, 3.63) is 18.5 Å². The van der Waals surface area contributed by atoms with Gasteiger partial charge < -0.3 is 10.1 Å². The van der Waals surface area contributed by atoms with Crippen molar-refractivity contribution in [2.45, 2.75) is 58.2 Å². The molecule has 2 atom stereocenters. The summed E-state index contributed by atoms with van der Waals surface area (Å²) < 4.78 is 7.23. The zero-order valence-electron chi connectivity index (χ0n) is 11.9. The molecule has 1 aliphatic rings. The highest BCUT2D eigenvalue weighted by atomic mass is 16.6. The van der Waals surface area contributed by atoms with E-state index >= 15 is 0 Å². The first kappa shape index (κ1) is 13.9. The molecule has 1 aromatic rings. The average molecular weight is 265 g/mol. The van der Waals surface area contributed by atoms with Crippen LogP contribution in [-0.4, -0.2) is 27.5 Å². The number of rotatable bonds is 3. The predicted octanol–water partition coefficient (Wildman–Crippen LogP) is 2.58. The molecule has 106 valence electrons. The molecule has 1 aromatic heterocycles. The van der Waals surface area contributed by atoms with Gasteiger partial charge in [-0.3, -0.25) is 4.68 Å². The van der Waals surface area contributed by atoms with E-state index in [0.717, 1.165) is 25.8 Å². The van der Waals surface area contributed by atoms with E-state index in [9.17, 15) is 4.79 Å². The van der Waals surface area contributed by atoms with Crippen LogP contribution in [0.25, 0.3) is 0 Å². The quantitative estimate of drug-likeness (QED) is 0.914. The summed E-state index contributed by atoms with van der Waals surface area (Å²) in [4.78, 5) is 11.7. The fourth-order valence-corrected chi connectivity index (χ4v) is 2.52. The summed E-state index contributed by atoms with van der Waals surface area (Å²) in [6.45, 7) is 6.56. The number of hydrogen-bond acceptors (Lipinski definition) is 3. The minimum atomic E-state index is -0.433. The molecule has 1 saturated carbocycles. The molecule has 0 unspecified atom stereocenters. The van der Waals surface area contributed by atoms with Crippen LogP contribution >= 0.6 is 0 Å². The summed E-state index contributed by atoms with van der Waals surface area (Å²) in [6, 6.07) is 2.17. The second kappa shape index (κ2) is 5.63. The summed E-state index contributed by atoms with van der Waals surface area (Å²) in [5.41, 5.74) is -0.433. The van der Waals surface area contributed by atoms with Crippen molar-refractivity contribution in [2.24, 2.45) is 5.92 Å². The van der Waals surface area contributed by atoms with Crippen LogP contribution in [0.15, 0.2) is 18.5 Å². The molecule has 1 fully saturated rings. The Labute approximate surface area is 114 Å². The number of ether oxygens (including phenoxy) is 1. The van der Waals surface area contributed by atoms with Crippen LogP contribution in [0.3, 0.4) is 0 Å². The van der Waals surface area contributed by atoms with Crippen molar-refractivity contribution in [3.8, 4) is 0 Å². The van der Waals surface area contributed by atoms with E-state index in [0.29, 0.717) is 5.92 Å². The number of alkyl carbamates (subject to hydrolysis) is 1. The molecule has 0 bridgehead atoms. The minimum Gasteiger partial charge on any atom is -0.444 e. The highest BCUT2D eigenvalue weighted by Gasteiger charge is 2.27. The van der Waals surface area contributed by atoms with Crippen molar-refractivity contribution in [2.75, 3.05) is 0 Å². The van der Waals surface area contributed by atoms with Gasteiger partial charge in [-0.05, 0) is 52.0 Å². The Morgan fingerprint density at radius 2 is 2.26 bits per heavy atom. The van der Waals surface area contributed by atoms with E-state index < -0.39 is 5.60 Å². The molecule has 0 spiro atoms. The van der Waals surface area contributed by atoms with Gasteiger partial charge in [-0.1, -0.05) is 0 Å². The maximum atomic E-state index is 11.7. The monoisotopic (exact) mass is 265 g/mol. The summed E-state index contributed by atoms with van der Waals surface area (Å²) in [7, 11) is 0. The molecule has 2 rings (SSSR count). The van der Waals surface area contributed by atoms with Crippen molar-refractivity contribution >= 4 is 6.09 Å². The van der Waals surface area contributed by atoms with Gasteiger partial charge in [0, 0.05) is 25.0 Å². The lowest BCUT2D eigenvalue weighted by Crippen LogP contribution is -2.38. The van der Waals surface area contributed by atoms with Crippen LogP contribution < -0.4 is 5.32 Å². The lowest BCUT2D eigenvalue weighted by atomic mass is 10.1. The molecule has 5 nitrogen and oxygen atoms in total. The maximum absolute atomic E-state index is 11.7. The van der Waals surface area contributed by atoms with E-state index in [-0.39, 0.29) is 12.1 Å². The average Bonchev–Trinajstić information content (AvgIpc) is 2.88. The number of hydrogen-bond donors (Lipinski definition) is 1. The Bertz CT molecular complexity index is 409. The predicted molar refractivity (Wildman–Crippen MR) is 72.7 cm³/mol. The van der Waals surface area contributed by atoms with Crippen LogP contribution in [0.5, 0.6) is 0 Å². The third kappa shape index (κ3) is 4.58. The third-order valence-electron chi connectivity index (χ3n) is 3.27. The molecule has 0 radical (unpaired) electrons. The summed E-state index contributed by atoms with van der Waals surface area (Å²) in [5, 5.41) is 7.17. The van der Waals surface area contributed by atoms with Gasteiger partial charge in [-0.25, -0.2) is 4.79 Å². The van der Waals surface area contributed by atoms with Crippen molar-refractivity contribution in [1.82, 2.24) is 15.1 Å². The standard InChI is InChI=1S/C14H23N3O2/c1-14(2,3)19-13(18)16-12-6-5-11(9-12)10-17-8-4-7-15-17/h4,7-8,11-12H,5-6,9-10H2,1-3H3,(H,16,18)/t11-,12+/m1/s1. The van der Waals surface area contributed by atoms with Crippen LogP contribution in [0.2, 0.25) is 0 Å². The number of aromatic nitrogens is 2. The lowest BCUT2D eigenvalue weighted by molar-refractivity contribution is 0.0504. The number of carbonyl (C=O) groups excluding carboxylic acids is 1. The van der Waals surface area contributed by atoms with E-state index in [2.05, 4.69) is 10.4 Å². The molecule has 19 heavy (non-hydrogen) atoms. The van der Waals surface area contributed by atoms with Gasteiger partial charge in [0.25, 0.3) is 0 Å². The Balaban J connectivity index is 1.74. The zero-order chi connectivity index (χ0) is 13.9. The molecule has 1 amide bonds. The second-order valence-corrected chi connectivity index (χ2v) is 6.25. The number of carbonyl (C=O) groups is 1. The van der Waals surface area contributed by atoms with Crippen LogP contribution in [0.1, 0.15) is 40.0 Å². The van der Waals surface area contributed by atoms with Crippen molar-refractivity contribution in [3.63, 3.8) is 0 Å². The summed E-state index contributed by atoms with van der Waals surface area (Å²) >= 11 is 0. The highest BCUT2D eigenvalue weighted by molar-refractivity contribution is 5.68. The normalized spacial score (nSPS) is 23.3. The van der Waals surface area contributed by atoms with Gasteiger partial charge in [0.2, 0.25) is 0 Å². The molecule has 0 aromatic carbocycles. The molecular formula is C14H23N3O2. The van der Waals surface area contributed by atoms with Crippen LogP contribution in [0.4, 0.5) is 4.79 Å². The van der Waals surface area contributed by atoms with Gasteiger partial charge in [0.1, 0.15) is 5.60 Å². The van der Waals surface area contributed by atoms with Crippen LogP contribution in [-0.2, 0) is 11.3 Å². The van der Waals surface area contributed by atoms with Gasteiger partial charge in [0.15, 0.2) is 0 Å². The largest absolute Gasteiger partial charge is 0.444 e. The molecule has 1 N–H and O–H groups in total. The minimum absolute atomic E-state index is 0.232. The SMILES string of the molecule is CC(C)(C)OC(=O)N[C@H]1CC[C@@H](Cn2cccn2)C1. The van der Waals surface area contributed by atoms with Crippen molar-refractivity contribution < 1.29 is 9.53 Å². The molecule has 0 aliphatic heterocycles. The smallest absolute Gasteiger partial charge is 0.407 e. The van der Waals surface area contributed by atoms with E-state index in [4.69, 9.17) is 4.74 Å². The molecule has 1 heterocycles. The summed E-state index contributed by atoms with van der Waals surface area (Å²) in [6.07, 6.45) is 6.61. The highest BCUT2D eigenvalue weighted by Crippen LogP contribution is 2.27. The van der Waals surface area contributed by atoms with Crippen LogP contribution in [0, 0.1) is 5.92 Å². The molecule has 5 heteroatoms. The molecule has 0 saturated heterocycles. The Morgan fingerprint density at radius 1 is 1.47 bits per heavy atom. The van der Waals surface area contributed by atoms with E-state index in [1.165, 1.54) is 0 Å². The fourth-order valence-electron chi connectivity index (χ4n) is 2.52. The van der Waals surface area contributed by atoms with Crippen molar-refractivity contribution in [1.29, 1.82) is 0 Å². The fraction of sp³-hybridized carbons (Fsp3) is 0.714. The molecular weight excluding hydrogens is 242 g/mol. The zero-order valence-corrected chi connectivity index (χ0v) is 11.9. The number of nitrogens with zero attached hydrogens (tertiary/aromatic N) is 2. The van der Waals surface area contributed by atoms with E-state index in [1.54, 1.807) is 6.20 Å². The Hall–Kier alpha value is -1.52. The Morgan fingerprint density at radius 3 is 2.89 bits per heavy atom. The Kier molecular flexibility index (Phi) is 4.12. The van der Waals surface area contributed by atoms with Gasteiger partial charge in [-0.15, -0.1) is 0 Å². The maximum Gasteiger partial charge on any atom is 0.407 e. The number of nitrogens with one attached hydrogen (secondary N) is 1.